The Morgan fingerprint density at radius 3 is 2.62 bits per heavy atom. The number of hydrogen-bond acceptors (Lipinski definition) is 2. The van der Waals surface area contributed by atoms with Crippen LogP contribution in [0.3, 0.4) is 0 Å². The summed E-state index contributed by atoms with van der Waals surface area (Å²) in [6.45, 7) is 2.11. The third-order valence-electron chi connectivity index (χ3n) is 0.898. The molecule has 8 heavy (non-hydrogen) atoms. The molecule has 0 aromatic heterocycles. The van der Waals surface area contributed by atoms with Crippen LogP contribution in [0.5, 0.6) is 0 Å². The standard InChI is InChI=1S/C5H6ClNO/c6-5(8)1-2-7-3-4-7/h1-2H,3-4H2. The molecule has 0 N–H and O–H groups in total. The minimum absolute atomic E-state index is 0.406. The van der Waals surface area contributed by atoms with E-state index in [1.807, 2.05) is 4.90 Å². The topological polar surface area (TPSA) is 20.1 Å². The third kappa shape index (κ3) is 1.98. The summed E-state index contributed by atoms with van der Waals surface area (Å²) in [5, 5.41) is -0.406. The molecule has 1 aliphatic heterocycles. The Hall–Kier alpha value is -0.500. The smallest absolute Gasteiger partial charge is 0.246 e. The molecule has 0 aromatic carbocycles. The van der Waals surface area contributed by atoms with E-state index in [0.29, 0.717) is 0 Å². The maximum atomic E-state index is 10.0. The number of carbonyl (C=O) groups is 1. The summed E-state index contributed by atoms with van der Waals surface area (Å²) in [5.74, 6) is 0. The molecule has 0 saturated carbocycles. The van der Waals surface area contributed by atoms with E-state index in [0.717, 1.165) is 13.1 Å². The molecule has 0 radical (unpaired) electrons. The van der Waals surface area contributed by atoms with Gasteiger partial charge in [-0.05, 0) is 11.6 Å². The lowest BCUT2D eigenvalue weighted by molar-refractivity contribution is -0.107. The van der Waals surface area contributed by atoms with E-state index in [9.17, 15) is 4.79 Å². The summed E-state index contributed by atoms with van der Waals surface area (Å²) in [5.41, 5.74) is 0. The lowest BCUT2D eigenvalue weighted by Crippen LogP contribution is -1.82. The quantitative estimate of drug-likeness (QED) is 0.310. The fraction of sp³-hybridized carbons (Fsp3) is 0.400. The molecular formula is C5H6ClNO. The lowest BCUT2D eigenvalue weighted by Gasteiger charge is -1.82. The van der Waals surface area contributed by atoms with Gasteiger partial charge in [0, 0.05) is 25.4 Å². The average Bonchev–Trinajstić information content (AvgIpc) is 2.41. The first-order valence-electron chi connectivity index (χ1n) is 2.41. The lowest BCUT2D eigenvalue weighted by atomic mass is 10.7. The Labute approximate surface area is 52.7 Å². The highest BCUT2D eigenvalue weighted by molar-refractivity contribution is 6.66. The van der Waals surface area contributed by atoms with E-state index in [1.165, 1.54) is 6.08 Å². The van der Waals surface area contributed by atoms with E-state index in [1.54, 1.807) is 6.20 Å². The van der Waals surface area contributed by atoms with Crippen LogP contribution in [0, 0.1) is 0 Å². The normalized spacial score (nSPS) is 17.4. The molecule has 1 saturated heterocycles. The van der Waals surface area contributed by atoms with Gasteiger partial charge in [0.2, 0.25) is 5.24 Å². The van der Waals surface area contributed by atoms with Gasteiger partial charge in [0.25, 0.3) is 0 Å². The van der Waals surface area contributed by atoms with Crippen molar-refractivity contribution in [1.82, 2.24) is 4.90 Å². The molecule has 1 rings (SSSR count). The van der Waals surface area contributed by atoms with Crippen LogP contribution in [0.15, 0.2) is 12.3 Å². The van der Waals surface area contributed by atoms with Crippen molar-refractivity contribution in [3.8, 4) is 0 Å². The maximum Gasteiger partial charge on any atom is 0.246 e. The van der Waals surface area contributed by atoms with Gasteiger partial charge in [0.1, 0.15) is 0 Å². The molecular weight excluding hydrogens is 126 g/mol. The minimum atomic E-state index is -0.406. The van der Waals surface area contributed by atoms with Crippen molar-refractivity contribution >= 4 is 16.8 Å². The second-order valence-electron chi connectivity index (χ2n) is 1.66. The summed E-state index contributed by atoms with van der Waals surface area (Å²) in [6, 6.07) is 0. The first-order valence-corrected chi connectivity index (χ1v) is 2.78. The van der Waals surface area contributed by atoms with E-state index >= 15 is 0 Å². The zero-order chi connectivity index (χ0) is 5.98. The molecule has 0 aromatic rings. The fourth-order valence-electron chi connectivity index (χ4n) is 0.371. The van der Waals surface area contributed by atoms with Gasteiger partial charge >= 0.3 is 0 Å². The van der Waals surface area contributed by atoms with Crippen molar-refractivity contribution in [3.63, 3.8) is 0 Å². The Balaban J connectivity index is 2.23. The Kier molecular flexibility index (Phi) is 1.53. The van der Waals surface area contributed by atoms with Crippen molar-refractivity contribution in [3.05, 3.63) is 12.3 Å². The number of nitrogens with zero attached hydrogens (tertiary/aromatic N) is 1. The monoisotopic (exact) mass is 131 g/mol. The summed E-state index contributed by atoms with van der Waals surface area (Å²) in [7, 11) is 0. The first kappa shape index (κ1) is 5.63. The van der Waals surface area contributed by atoms with Crippen molar-refractivity contribution in [2.24, 2.45) is 0 Å². The van der Waals surface area contributed by atoms with Gasteiger partial charge in [-0.15, -0.1) is 0 Å². The highest BCUT2D eigenvalue weighted by atomic mass is 35.5. The first-order chi connectivity index (χ1) is 3.79. The number of halogens is 1. The molecule has 2 nitrogen and oxygen atoms in total. The van der Waals surface area contributed by atoms with Crippen molar-refractivity contribution in [2.45, 2.75) is 0 Å². The highest BCUT2D eigenvalue weighted by Crippen LogP contribution is 2.02. The molecule has 0 amide bonds. The van der Waals surface area contributed by atoms with Crippen LogP contribution in [0.2, 0.25) is 0 Å². The van der Waals surface area contributed by atoms with Gasteiger partial charge < -0.3 is 4.90 Å². The summed E-state index contributed by atoms with van der Waals surface area (Å²) >= 11 is 5.00. The molecule has 3 heteroatoms. The van der Waals surface area contributed by atoms with Crippen LogP contribution in [0.4, 0.5) is 0 Å². The second-order valence-corrected chi connectivity index (χ2v) is 2.03. The largest absolute Gasteiger partial charge is 0.374 e. The number of carbonyl (C=O) groups excluding carboxylic acids is 1. The molecule has 1 aliphatic rings. The molecule has 0 unspecified atom stereocenters. The van der Waals surface area contributed by atoms with Gasteiger partial charge in [-0.3, -0.25) is 4.79 Å². The van der Waals surface area contributed by atoms with Gasteiger partial charge in [-0.1, -0.05) is 0 Å². The summed E-state index contributed by atoms with van der Waals surface area (Å²) in [4.78, 5) is 12.0. The average molecular weight is 132 g/mol. The Bertz CT molecular complexity index is 128. The number of hydrogen-bond donors (Lipinski definition) is 0. The summed E-state index contributed by atoms with van der Waals surface area (Å²) in [6.07, 6.45) is 3.06. The number of rotatable bonds is 2. The molecule has 0 bridgehead atoms. The van der Waals surface area contributed by atoms with Crippen molar-refractivity contribution < 1.29 is 4.79 Å². The van der Waals surface area contributed by atoms with Gasteiger partial charge in [-0.2, -0.15) is 0 Å². The fourth-order valence-corrected chi connectivity index (χ4v) is 0.427. The second kappa shape index (κ2) is 2.18. The van der Waals surface area contributed by atoms with Crippen LogP contribution in [0.1, 0.15) is 0 Å². The predicted molar refractivity (Wildman–Crippen MR) is 31.6 cm³/mol. The van der Waals surface area contributed by atoms with E-state index < -0.39 is 5.24 Å². The molecule has 44 valence electrons. The molecule has 0 aliphatic carbocycles. The van der Waals surface area contributed by atoms with Crippen molar-refractivity contribution in [1.29, 1.82) is 0 Å². The zero-order valence-corrected chi connectivity index (χ0v) is 5.06. The molecule has 1 fully saturated rings. The van der Waals surface area contributed by atoms with E-state index in [2.05, 4.69) is 0 Å². The van der Waals surface area contributed by atoms with Gasteiger partial charge in [0.05, 0.1) is 0 Å². The zero-order valence-electron chi connectivity index (χ0n) is 4.30. The van der Waals surface area contributed by atoms with Crippen LogP contribution >= 0.6 is 11.6 Å². The predicted octanol–water partition coefficient (Wildman–Crippen LogP) is 0.581. The molecule has 1 heterocycles. The van der Waals surface area contributed by atoms with E-state index in [-0.39, 0.29) is 0 Å². The molecule has 0 atom stereocenters. The highest BCUT2D eigenvalue weighted by Gasteiger charge is 2.10. The van der Waals surface area contributed by atoms with E-state index in [4.69, 9.17) is 11.6 Å². The van der Waals surface area contributed by atoms with Crippen molar-refractivity contribution in [2.75, 3.05) is 13.1 Å². The Morgan fingerprint density at radius 1 is 1.62 bits per heavy atom. The minimum Gasteiger partial charge on any atom is -0.374 e. The third-order valence-corrected chi connectivity index (χ3v) is 1.02. The SMILES string of the molecule is O=C(Cl)C=CN1CC1. The number of allylic oxidation sites excluding steroid dienone is 1. The van der Waals surface area contributed by atoms with Crippen LogP contribution in [-0.2, 0) is 4.79 Å². The van der Waals surface area contributed by atoms with Crippen LogP contribution in [-0.4, -0.2) is 23.2 Å². The maximum absolute atomic E-state index is 10.0. The summed E-state index contributed by atoms with van der Waals surface area (Å²) < 4.78 is 0. The van der Waals surface area contributed by atoms with Gasteiger partial charge in [0.15, 0.2) is 0 Å². The van der Waals surface area contributed by atoms with Crippen LogP contribution in [0.25, 0.3) is 0 Å². The Morgan fingerprint density at radius 2 is 2.25 bits per heavy atom. The van der Waals surface area contributed by atoms with Crippen LogP contribution < -0.4 is 0 Å². The van der Waals surface area contributed by atoms with Gasteiger partial charge in [-0.25, -0.2) is 0 Å². The molecule has 0 spiro atoms.